The van der Waals surface area contributed by atoms with Crippen LogP contribution in [-0.2, 0) is 10.0 Å². The van der Waals surface area contributed by atoms with Crippen LogP contribution >= 0.6 is 0 Å². The topological polar surface area (TPSA) is 66.5 Å². The summed E-state index contributed by atoms with van der Waals surface area (Å²) in [4.78, 5) is 12.9. The normalized spacial score (nSPS) is 12.8. The van der Waals surface area contributed by atoms with Crippen LogP contribution in [0.15, 0.2) is 53.4 Å². The number of anilines is 1. The van der Waals surface area contributed by atoms with Gasteiger partial charge in [-0.25, -0.2) is 8.42 Å². The second-order valence-electron chi connectivity index (χ2n) is 6.47. The number of amides is 1. The highest BCUT2D eigenvalue weighted by atomic mass is 32.2. The average Bonchev–Trinajstić information content (AvgIpc) is 2.68. The molecule has 0 bridgehead atoms. The van der Waals surface area contributed by atoms with E-state index in [0.29, 0.717) is 24.6 Å². The molecular weight excluding hydrogens is 360 g/mol. The summed E-state index contributed by atoms with van der Waals surface area (Å²) >= 11 is 0. The molecule has 0 spiro atoms. The molecule has 0 aliphatic heterocycles. The molecule has 0 saturated heterocycles. The Balaban J connectivity index is 2.32. The number of nitrogens with one attached hydrogen (secondary N) is 1. The number of hydrogen-bond donors (Lipinski definition) is 1. The minimum atomic E-state index is -3.60. The van der Waals surface area contributed by atoms with Crippen molar-refractivity contribution in [1.29, 1.82) is 0 Å². The SMILES string of the molecule is CC[C@H](C)c1ccccc1NC(=O)c1cccc(S(=O)(=O)N(CC)CC)c1. The maximum Gasteiger partial charge on any atom is 0.255 e. The lowest BCUT2D eigenvalue weighted by Crippen LogP contribution is -2.30. The lowest BCUT2D eigenvalue weighted by molar-refractivity contribution is 0.102. The summed E-state index contributed by atoms with van der Waals surface area (Å²) in [6.45, 7) is 8.58. The van der Waals surface area contributed by atoms with Gasteiger partial charge < -0.3 is 5.32 Å². The van der Waals surface area contributed by atoms with Gasteiger partial charge in [0, 0.05) is 24.3 Å². The summed E-state index contributed by atoms with van der Waals surface area (Å²) in [6.07, 6.45) is 0.963. The number of nitrogens with zero attached hydrogens (tertiary/aromatic N) is 1. The zero-order valence-corrected chi connectivity index (χ0v) is 17.2. The van der Waals surface area contributed by atoms with Crippen molar-refractivity contribution in [1.82, 2.24) is 4.31 Å². The Hall–Kier alpha value is -2.18. The molecule has 1 N–H and O–H groups in total. The van der Waals surface area contributed by atoms with Crippen molar-refractivity contribution in [2.75, 3.05) is 18.4 Å². The summed E-state index contributed by atoms with van der Waals surface area (Å²) in [5.41, 5.74) is 2.15. The van der Waals surface area contributed by atoms with Crippen LogP contribution in [0.2, 0.25) is 0 Å². The molecule has 146 valence electrons. The first-order chi connectivity index (χ1) is 12.8. The third-order valence-corrected chi connectivity index (χ3v) is 6.84. The number of para-hydroxylation sites is 1. The molecule has 1 amide bonds. The lowest BCUT2D eigenvalue weighted by Gasteiger charge is -2.19. The summed E-state index contributed by atoms with van der Waals surface area (Å²) in [5.74, 6) is -0.00164. The summed E-state index contributed by atoms with van der Waals surface area (Å²) < 4.78 is 26.8. The Kier molecular flexibility index (Phi) is 7.16. The predicted octanol–water partition coefficient (Wildman–Crippen LogP) is 4.48. The van der Waals surface area contributed by atoms with Crippen LogP contribution in [0.4, 0.5) is 5.69 Å². The first kappa shape index (κ1) is 21.1. The Bertz CT molecular complexity index is 890. The number of rotatable bonds is 8. The molecule has 5 nitrogen and oxygen atoms in total. The van der Waals surface area contributed by atoms with Crippen molar-refractivity contribution in [2.45, 2.75) is 44.9 Å². The largest absolute Gasteiger partial charge is 0.322 e. The van der Waals surface area contributed by atoms with Crippen LogP contribution in [-0.4, -0.2) is 31.7 Å². The van der Waals surface area contributed by atoms with Crippen molar-refractivity contribution >= 4 is 21.6 Å². The average molecular weight is 389 g/mol. The fourth-order valence-corrected chi connectivity index (χ4v) is 4.47. The molecule has 27 heavy (non-hydrogen) atoms. The van der Waals surface area contributed by atoms with Crippen molar-refractivity contribution in [3.63, 3.8) is 0 Å². The minimum absolute atomic E-state index is 0.133. The minimum Gasteiger partial charge on any atom is -0.322 e. The molecule has 2 rings (SSSR count). The Morgan fingerprint density at radius 2 is 1.70 bits per heavy atom. The van der Waals surface area contributed by atoms with Crippen molar-refractivity contribution in [3.8, 4) is 0 Å². The van der Waals surface area contributed by atoms with Crippen molar-refractivity contribution in [2.24, 2.45) is 0 Å². The first-order valence-corrected chi connectivity index (χ1v) is 10.8. The van der Waals surface area contributed by atoms with Crippen LogP contribution in [0.1, 0.15) is 56.0 Å². The van der Waals surface area contributed by atoms with Crippen LogP contribution < -0.4 is 5.32 Å². The van der Waals surface area contributed by atoms with Crippen LogP contribution in [0.3, 0.4) is 0 Å². The van der Waals surface area contributed by atoms with Crippen LogP contribution in [0.25, 0.3) is 0 Å². The lowest BCUT2D eigenvalue weighted by atomic mass is 9.97. The van der Waals surface area contributed by atoms with Crippen LogP contribution in [0.5, 0.6) is 0 Å². The second kappa shape index (κ2) is 9.15. The van der Waals surface area contributed by atoms with E-state index in [1.54, 1.807) is 26.0 Å². The second-order valence-corrected chi connectivity index (χ2v) is 8.41. The summed E-state index contributed by atoms with van der Waals surface area (Å²) in [7, 11) is -3.60. The van der Waals surface area contributed by atoms with Gasteiger partial charge in [0.1, 0.15) is 0 Å². The van der Waals surface area contributed by atoms with Crippen LogP contribution in [0, 0.1) is 0 Å². The zero-order valence-electron chi connectivity index (χ0n) is 16.4. The maximum absolute atomic E-state index is 12.7. The van der Waals surface area contributed by atoms with Crippen molar-refractivity contribution in [3.05, 3.63) is 59.7 Å². The first-order valence-electron chi connectivity index (χ1n) is 9.35. The van der Waals surface area contributed by atoms with Gasteiger partial charge in [-0.05, 0) is 42.2 Å². The summed E-state index contributed by atoms with van der Waals surface area (Å²) in [5, 5.41) is 2.93. The number of carbonyl (C=O) groups excluding carboxylic acids is 1. The van der Waals surface area contributed by atoms with Gasteiger partial charge >= 0.3 is 0 Å². The number of sulfonamides is 1. The third-order valence-electron chi connectivity index (χ3n) is 4.79. The molecule has 0 aliphatic rings. The highest BCUT2D eigenvalue weighted by Gasteiger charge is 2.22. The highest BCUT2D eigenvalue weighted by molar-refractivity contribution is 7.89. The molecule has 0 unspecified atom stereocenters. The Morgan fingerprint density at radius 3 is 2.33 bits per heavy atom. The smallest absolute Gasteiger partial charge is 0.255 e. The van der Waals surface area contributed by atoms with Gasteiger partial charge in [-0.15, -0.1) is 0 Å². The molecule has 0 fully saturated rings. The van der Waals surface area contributed by atoms with Gasteiger partial charge in [0.25, 0.3) is 5.91 Å². The van der Waals surface area contributed by atoms with Gasteiger partial charge in [-0.2, -0.15) is 4.31 Å². The standard InChI is InChI=1S/C21H28N2O3S/c1-5-16(4)19-13-8-9-14-20(19)22-21(24)17-11-10-12-18(15-17)27(25,26)23(6-2)7-3/h8-16H,5-7H2,1-4H3,(H,22,24)/t16-/m0/s1. The highest BCUT2D eigenvalue weighted by Crippen LogP contribution is 2.27. The fraction of sp³-hybridized carbons (Fsp3) is 0.381. The monoisotopic (exact) mass is 388 g/mol. The van der Waals surface area contributed by atoms with Gasteiger partial charge in [-0.3, -0.25) is 4.79 Å². The fourth-order valence-electron chi connectivity index (χ4n) is 2.97. The van der Waals surface area contributed by atoms with Gasteiger partial charge in [0.05, 0.1) is 4.90 Å². The molecule has 2 aromatic rings. The third kappa shape index (κ3) is 4.76. The maximum atomic E-state index is 12.7. The molecule has 0 saturated carbocycles. The van der Waals surface area contributed by atoms with Gasteiger partial charge in [0.2, 0.25) is 10.0 Å². The molecule has 0 aliphatic carbocycles. The molecule has 2 aromatic carbocycles. The van der Waals surface area contributed by atoms with E-state index in [-0.39, 0.29) is 10.8 Å². The van der Waals surface area contributed by atoms with E-state index in [4.69, 9.17) is 0 Å². The molecule has 6 heteroatoms. The molecule has 0 radical (unpaired) electrons. The number of carbonyl (C=O) groups is 1. The van der Waals surface area contributed by atoms with Gasteiger partial charge in [0.15, 0.2) is 0 Å². The molecule has 1 atom stereocenters. The Morgan fingerprint density at radius 1 is 1.04 bits per heavy atom. The van der Waals surface area contributed by atoms with E-state index in [1.165, 1.54) is 16.4 Å². The van der Waals surface area contributed by atoms with Crippen molar-refractivity contribution < 1.29 is 13.2 Å². The van der Waals surface area contributed by atoms with E-state index in [1.807, 2.05) is 24.3 Å². The Labute approximate surface area is 162 Å². The molecule has 0 aromatic heterocycles. The number of benzene rings is 2. The van der Waals surface area contributed by atoms with E-state index < -0.39 is 10.0 Å². The predicted molar refractivity (Wildman–Crippen MR) is 110 cm³/mol. The van der Waals surface area contributed by atoms with E-state index in [0.717, 1.165) is 17.7 Å². The molecule has 0 heterocycles. The van der Waals surface area contributed by atoms with E-state index in [9.17, 15) is 13.2 Å². The number of hydrogen-bond acceptors (Lipinski definition) is 3. The van der Waals surface area contributed by atoms with E-state index in [2.05, 4.69) is 19.2 Å². The summed E-state index contributed by atoms with van der Waals surface area (Å²) in [6, 6.07) is 13.9. The van der Waals surface area contributed by atoms with E-state index >= 15 is 0 Å². The zero-order chi connectivity index (χ0) is 20.0. The molecular formula is C21H28N2O3S. The quantitative estimate of drug-likeness (QED) is 0.725. The van der Waals surface area contributed by atoms with Gasteiger partial charge in [-0.1, -0.05) is 52.0 Å².